The summed E-state index contributed by atoms with van der Waals surface area (Å²) in [6.07, 6.45) is 3.69. The zero-order valence-electron chi connectivity index (χ0n) is 9.54. The lowest BCUT2D eigenvalue weighted by Gasteiger charge is -2.00. The van der Waals surface area contributed by atoms with Gasteiger partial charge in [0, 0.05) is 23.8 Å². The van der Waals surface area contributed by atoms with Crippen molar-refractivity contribution in [1.82, 2.24) is 15.3 Å². The Morgan fingerprint density at radius 3 is 3.06 bits per heavy atom. The minimum absolute atomic E-state index is 0.188. The fourth-order valence-corrected chi connectivity index (χ4v) is 2.03. The molecule has 3 N–H and O–H groups in total. The van der Waals surface area contributed by atoms with Crippen LogP contribution >= 0.6 is 11.6 Å². The Bertz CT molecular complexity index is 484. The van der Waals surface area contributed by atoms with E-state index in [4.69, 9.17) is 16.7 Å². The van der Waals surface area contributed by atoms with Crippen LogP contribution in [0.2, 0.25) is 5.15 Å². The summed E-state index contributed by atoms with van der Waals surface area (Å²) in [6.45, 7) is 1.75. The quantitative estimate of drug-likeness (QED) is 0.543. The van der Waals surface area contributed by atoms with Crippen LogP contribution < -0.4 is 5.32 Å². The summed E-state index contributed by atoms with van der Waals surface area (Å²) in [5.41, 5.74) is 2.20. The van der Waals surface area contributed by atoms with Gasteiger partial charge in [-0.1, -0.05) is 11.6 Å². The number of pyridine rings is 1. The van der Waals surface area contributed by atoms with Crippen molar-refractivity contribution < 1.29 is 5.11 Å². The number of aryl methyl sites for hydroxylation is 1. The second-order valence-electron chi connectivity index (χ2n) is 3.93. The van der Waals surface area contributed by atoms with Crippen LogP contribution in [-0.4, -0.2) is 34.8 Å². The number of aliphatic hydroxyl groups excluding tert-OH is 1. The first-order valence-corrected chi connectivity index (χ1v) is 6.12. The molecule has 0 aliphatic rings. The number of nitrogens with zero attached hydrogens (tertiary/aromatic N) is 1. The van der Waals surface area contributed by atoms with E-state index in [0.717, 1.165) is 30.3 Å². The molecule has 0 unspecified atom stereocenters. The fraction of sp³-hybridized carbons (Fsp3) is 0.417. The molecular formula is C12H16ClN3O. The summed E-state index contributed by atoms with van der Waals surface area (Å²) in [5, 5.41) is 13.3. The summed E-state index contributed by atoms with van der Waals surface area (Å²) in [6, 6.07) is 3.98. The molecule has 0 atom stereocenters. The zero-order chi connectivity index (χ0) is 12.1. The van der Waals surface area contributed by atoms with E-state index in [-0.39, 0.29) is 6.61 Å². The lowest BCUT2D eigenvalue weighted by molar-refractivity contribution is 0.292. The summed E-state index contributed by atoms with van der Waals surface area (Å²) in [4.78, 5) is 7.37. The molecule has 0 fully saturated rings. The minimum atomic E-state index is 0.188. The molecule has 0 saturated carbocycles. The lowest BCUT2D eigenvalue weighted by atomic mass is 10.2. The van der Waals surface area contributed by atoms with Gasteiger partial charge in [0.1, 0.15) is 5.15 Å². The van der Waals surface area contributed by atoms with Crippen LogP contribution in [0, 0.1) is 0 Å². The summed E-state index contributed by atoms with van der Waals surface area (Å²) in [5.74, 6) is 0. The molecule has 17 heavy (non-hydrogen) atoms. The van der Waals surface area contributed by atoms with Crippen molar-refractivity contribution in [3.63, 3.8) is 0 Å². The van der Waals surface area contributed by atoms with E-state index >= 15 is 0 Å². The molecule has 0 radical (unpaired) electrons. The Kier molecular flexibility index (Phi) is 4.36. The second kappa shape index (κ2) is 6.00. The Morgan fingerprint density at radius 2 is 2.29 bits per heavy atom. The smallest absolute Gasteiger partial charge is 0.138 e. The lowest BCUT2D eigenvalue weighted by Crippen LogP contribution is -2.19. The average Bonchev–Trinajstić information content (AvgIpc) is 2.73. The molecule has 2 rings (SSSR count). The second-order valence-corrected chi connectivity index (χ2v) is 4.29. The van der Waals surface area contributed by atoms with Crippen molar-refractivity contribution in [3.8, 4) is 0 Å². The predicted molar refractivity (Wildman–Crippen MR) is 69.4 cm³/mol. The van der Waals surface area contributed by atoms with Gasteiger partial charge in [0.2, 0.25) is 0 Å². The predicted octanol–water partition coefficient (Wildman–Crippen LogP) is 1.73. The topological polar surface area (TPSA) is 60.9 Å². The van der Waals surface area contributed by atoms with E-state index in [0.29, 0.717) is 11.7 Å². The fourth-order valence-electron chi connectivity index (χ4n) is 1.82. The maximum absolute atomic E-state index is 8.62. The standard InChI is InChI=1S/C12H16ClN3O/c13-12-10-8-9(2-1-4-14-6-7-17)16-11(10)3-5-15-12/h3,5,8,14,16-17H,1-2,4,6-7H2. The van der Waals surface area contributed by atoms with Gasteiger partial charge >= 0.3 is 0 Å². The van der Waals surface area contributed by atoms with E-state index in [1.165, 1.54) is 5.69 Å². The van der Waals surface area contributed by atoms with Crippen LogP contribution in [0.25, 0.3) is 10.9 Å². The number of aromatic nitrogens is 2. The molecule has 0 spiro atoms. The third-order valence-electron chi connectivity index (χ3n) is 2.64. The van der Waals surface area contributed by atoms with Gasteiger partial charge in [-0.3, -0.25) is 0 Å². The summed E-state index contributed by atoms with van der Waals surface area (Å²) < 4.78 is 0. The third-order valence-corrected chi connectivity index (χ3v) is 2.94. The maximum Gasteiger partial charge on any atom is 0.138 e. The zero-order valence-corrected chi connectivity index (χ0v) is 10.3. The van der Waals surface area contributed by atoms with Crippen LogP contribution in [0.5, 0.6) is 0 Å². The Morgan fingerprint density at radius 1 is 1.41 bits per heavy atom. The van der Waals surface area contributed by atoms with Gasteiger partial charge in [-0.2, -0.15) is 0 Å². The molecule has 2 heterocycles. The van der Waals surface area contributed by atoms with Crippen molar-refractivity contribution >= 4 is 22.5 Å². The molecule has 0 aliphatic carbocycles. The number of aromatic amines is 1. The van der Waals surface area contributed by atoms with Crippen molar-refractivity contribution in [2.24, 2.45) is 0 Å². The van der Waals surface area contributed by atoms with Gasteiger partial charge in [0.15, 0.2) is 0 Å². The van der Waals surface area contributed by atoms with Gasteiger partial charge in [-0.25, -0.2) is 4.98 Å². The number of nitrogens with one attached hydrogen (secondary N) is 2. The van der Waals surface area contributed by atoms with Crippen LogP contribution in [0.1, 0.15) is 12.1 Å². The molecule has 92 valence electrons. The van der Waals surface area contributed by atoms with Crippen molar-refractivity contribution in [2.45, 2.75) is 12.8 Å². The van der Waals surface area contributed by atoms with Gasteiger partial charge in [0.05, 0.1) is 12.1 Å². The van der Waals surface area contributed by atoms with E-state index in [9.17, 15) is 0 Å². The van der Waals surface area contributed by atoms with E-state index in [2.05, 4.69) is 21.4 Å². The highest BCUT2D eigenvalue weighted by Crippen LogP contribution is 2.22. The largest absolute Gasteiger partial charge is 0.395 e. The molecule has 0 saturated heterocycles. The molecule has 5 heteroatoms. The van der Waals surface area contributed by atoms with Crippen LogP contribution in [0.15, 0.2) is 18.3 Å². The van der Waals surface area contributed by atoms with Gasteiger partial charge in [0.25, 0.3) is 0 Å². The van der Waals surface area contributed by atoms with Crippen molar-refractivity contribution in [1.29, 1.82) is 0 Å². The molecule has 0 aliphatic heterocycles. The maximum atomic E-state index is 8.62. The number of hydrogen-bond acceptors (Lipinski definition) is 3. The SMILES string of the molecule is OCCNCCCc1cc2c(Cl)nccc2[nH]1. The van der Waals surface area contributed by atoms with Gasteiger partial charge < -0.3 is 15.4 Å². The van der Waals surface area contributed by atoms with E-state index < -0.39 is 0 Å². The molecule has 0 aromatic carbocycles. The normalized spacial score (nSPS) is 11.2. The molecule has 4 nitrogen and oxygen atoms in total. The van der Waals surface area contributed by atoms with Crippen LogP contribution in [-0.2, 0) is 6.42 Å². The monoisotopic (exact) mass is 253 g/mol. The first kappa shape index (κ1) is 12.4. The number of rotatable bonds is 6. The van der Waals surface area contributed by atoms with Gasteiger partial charge in [-0.05, 0) is 31.5 Å². The van der Waals surface area contributed by atoms with Gasteiger partial charge in [-0.15, -0.1) is 0 Å². The highest BCUT2D eigenvalue weighted by Gasteiger charge is 2.04. The van der Waals surface area contributed by atoms with E-state index in [1.54, 1.807) is 6.20 Å². The highest BCUT2D eigenvalue weighted by atomic mass is 35.5. The van der Waals surface area contributed by atoms with Crippen LogP contribution in [0.4, 0.5) is 0 Å². The minimum Gasteiger partial charge on any atom is -0.395 e. The molecule has 2 aromatic heterocycles. The summed E-state index contributed by atoms with van der Waals surface area (Å²) >= 11 is 6.00. The molecule has 0 amide bonds. The number of fused-ring (bicyclic) bond motifs is 1. The van der Waals surface area contributed by atoms with Crippen molar-refractivity contribution in [2.75, 3.05) is 19.7 Å². The Labute approximate surface area is 105 Å². The third kappa shape index (κ3) is 3.19. The number of halogens is 1. The van der Waals surface area contributed by atoms with Crippen molar-refractivity contribution in [3.05, 3.63) is 29.2 Å². The molecular weight excluding hydrogens is 238 g/mol. The Hall–Kier alpha value is -1.10. The molecule has 2 aromatic rings. The first-order valence-electron chi connectivity index (χ1n) is 5.75. The first-order chi connectivity index (χ1) is 8.31. The summed E-state index contributed by atoms with van der Waals surface area (Å²) in [7, 11) is 0. The number of aliphatic hydroxyl groups is 1. The highest BCUT2D eigenvalue weighted by molar-refractivity contribution is 6.34. The number of H-pyrrole nitrogens is 1. The molecule has 0 bridgehead atoms. The Balaban J connectivity index is 1.93. The average molecular weight is 254 g/mol. The van der Waals surface area contributed by atoms with Crippen LogP contribution in [0.3, 0.4) is 0 Å². The van der Waals surface area contributed by atoms with E-state index in [1.807, 2.05) is 6.07 Å². The number of hydrogen-bond donors (Lipinski definition) is 3.